The Morgan fingerprint density at radius 1 is 1.19 bits per heavy atom. The predicted molar refractivity (Wildman–Crippen MR) is 106 cm³/mol. The summed E-state index contributed by atoms with van der Waals surface area (Å²) in [5.41, 5.74) is 3.10. The lowest BCUT2D eigenvalue weighted by molar-refractivity contribution is -0.384. The molecule has 0 aliphatic carbocycles. The lowest BCUT2D eigenvalue weighted by atomic mass is 10.1. The largest absolute Gasteiger partial charge is 0.462 e. The highest BCUT2D eigenvalue weighted by Gasteiger charge is 2.08. The second-order valence-corrected chi connectivity index (χ2v) is 5.97. The van der Waals surface area contributed by atoms with Gasteiger partial charge in [0.05, 0.1) is 11.5 Å². The SMILES string of the molecule is C=C(C)C(=O)OCCCNC(=Cc1ccccc1)c1ccc([N+](=O)[O-])cc1. The van der Waals surface area contributed by atoms with E-state index >= 15 is 0 Å². The summed E-state index contributed by atoms with van der Waals surface area (Å²) in [4.78, 5) is 21.8. The Labute approximate surface area is 158 Å². The van der Waals surface area contributed by atoms with Crippen molar-refractivity contribution in [3.63, 3.8) is 0 Å². The number of carbonyl (C=O) groups excluding carboxylic acids is 1. The number of hydrogen-bond acceptors (Lipinski definition) is 5. The molecule has 140 valence electrons. The number of ether oxygens (including phenoxy) is 1. The third-order valence-electron chi connectivity index (χ3n) is 3.72. The maximum Gasteiger partial charge on any atom is 0.333 e. The van der Waals surface area contributed by atoms with Gasteiger partial charge in [0.1, 0.15) is 0 Å². The van der Waals surface area contributed by atoms with Crippen LogP contribution in [0.25, 0.3) is 11.8 Å². The van der Waals surface area contributed by atoms with Gasteiger partial charge in [0.15, 0.2) is 0 Å². The minimum absolute atomic E-state index is 0.0459. The van der Waals surface area contributed by atoms with Gasteiger partial charge in [0.25, 0.3) is 5.69 Å². The summed E-state index contributed by atoms with van der Waals surface area (Å²) in [5.74, 6) is -0.398. The zero-order valence-corrected chi connectivity index (χ0v) is 15.2. The van der Waals surface area contributed by atoms with Gasteiger partial charge in [-0.1, -0.05) is 36.9 Å². The van der Waals surface area contributed by atoms with E-state index in [-0.39, 0.29) is 12.3 Å². The number of nitrogens with zero attached hydrogens (tertiary/aromatic N) is 1. The summed E-state index contributed by atoms with van der Waals surface area (Å²) < 4.78 is 5.08. The topological polar surface area (TPSA) is 81.5 Å². The van der Waals surface area contributed by atoms with Crippen LogP contribution < -0.4 is 5.32 Å². The minimum Gasteiger partial charge on any atom is -0.462 e. The van der Waals surface area contributed by atoms with Gasteiger partial charge in [-0.3, -0.25) is 10.1 Å². The number of nitrogens with one attached hydrogen (secondary N) is 1. The molecule has 0 unspecified atom stereocenters. The molecule has 0 aliphatic heterocycles. The Balaban J connectivity index is 2.06. The smallest absolute Gasteiger partial charge is 0.333 e. The molecule has 0 aliphatic rings. The fourth-order valence-corrected chi connectivity index (χ4v) is 2.30. The molecule has 0 saturated carbocycles. The van der Waals surface area contributed by atoms with Gasteiger partial charge in [-0.05, 0) is 42.7 Å². The number of esters is 1. The van der Waals surface area contributed by atoms with Crippen LogP contribution in [0.5, 0.6) is 0 Å². The Bertz CT molecular complexity index is 827. The molecule has 0 heterocycles. The van der Waals surface area contributed by atoms with Gasteiger partial charge < -0.3 is 10.1 Å². The van der Waals surface area contributed by atoms with Crippen molar-refractivity contribution >= 4 is 23.4 Å². The standard InChI is InChI=1S/C21H22N2O4/c1-16(2)21(24)27-14-6-13-22-20(15-17-7-4-3-5-8-17)18-9-11-19(12-10-18)23(25)26/h3-5,7-12,15,22H,1,6,13-14H2,2H3. The first-order valence-corrected chi connectivity index (χ1v) is 8.55. The van der Waals surface area contributed by atoms with Gasteiger partial charge in [0, 0.05) is 29.9 Å². The van der Waals surface area contributed by atoms with Crippen molar-refractivity contribution in [1.29, 1.82) is 0 Å². The molecule has 0 aromatic heterocycles. The van der Waals surface area contributed by atoms with Crippen molar-refractivity contribution in [2.24, 2.45) is 0 Å². The predicted octanol–water partition coefficient (Wildman–Crippen LogP) is 4.19. The van der Waals surface area contributed by atoms with Crippen LogP contribution in [0.2, 0.25) is 0 Å². The van der Waals surface area contributed by atoms with E-state index in [1.807, 2.05) is 36.4 Å². The number of hydrogen-bond donors (Lipinski definition) is 1. The van der Waals surface area contributed by atoms with Gasteiger partial charge in [-0.25, -0.2) is 4.79 Å². The quantitative estimate of drug-likeness (QED) is 0.180. The van der Waals surface area contributed by atoms with E-state index in [1.54, 1.807) is 19.1 Å². The first kappa shape index (κ1) is 19.9. The number of rotatable bonds is 9. The van der Waals surface area contributed by atoms with Gasteiger partial charge >= 0.3 is 5.97 Å². The van der Waals surface area contributed by atoms with Crippen LogP contribution in [0.15, 0.2) is 66.7 Å². The van der Waals surface area contributed by atoms with Crippen molar-refractivity contribution in [1.82, 2.24) is 5.32 Å². The molecule has 0 saturated heterocycles. The number of benzene rings is 2. The van der Waals surface area contributed by atoms with E-state index in [0.29, 0.717) is 18.5 Å². The first-order chi connectivity index (χ1) is 13.0. The molecule has 2 aromatic carbocycles. The molecule has 0 fully saturated rings. The number of carbonyl (C=O) groups is 1. The van der Waals surface area contributed by atoms with Crippen LogP contribution in [0, 0.1) is 10.1 Å². The molecule has 0 radical (unpaired) electrons. The molecule has 0 bridgehead atoms. The Morgan fingerprint density at radius 2 is 1.85 bits per heavy atom. The molecule has 0 amide bonds. The lowest BCUT2D eigenvalue weighted by Gasteiger charge is -2.12. The molecule has 0 atom stereocenters. The van der Waals surface area contributed by atoms with Crippen molar-refractivity contribution in [2.75, 3.05) is 13.2 Å². The highest BCUT2D eigenvalue weighted by Crippen LogP contribution is 2.19. The second kappa shape index (κ2) is 9.91. The maximum atomic E-state index is 11.4. The molecule has 2 rings (SSSR count). The van der Waals surface area contributed by atoms with E-state index in [9.17, 15) is 14.9 Å². The normalized spacial score (nSPS) is 10.9. The lowest BCUT2D eigenvalue weighted by Crippen LogP contribution is -2.17. The van der Waals surface area contributed by atoms with Crippen molar-refractivity contribution in [2.45, 2.75) is 13.3 Å². The zero-order chi connectivity index (χ0) is 19.6. The number of nitro benzene ring substituents is 1. The Kier molecular flexibility index (Phi) is 7.31. The Morgan fingerprint density at radius 3 is 2.44 bits per heavy atom. The monoisotopic (exact) mass is 366 g/mol. The fraction of sp³-hybridized carbons (Fsp3) is 0.190. The summed E-state index contributed by atoms with van der Waals surface area (Å²) in [5, 5.41) is 14.2. The molecule has 27 heavy (non-hydrogen) atoms. The Hall–Kier alpha value is -3.41. The summed E-state index contributed by atoms with van der Waals surface area (Å²) in [7, 11) is 0. The zero-order valence-electron chi connectivity index (χ0n) is 15.2. The molecule has 0 spiro atoms. The molecule has 6 nitrogen and oxygen atoms in total. The van der Waals surface area contributed by atoms with Gasteiger partial charge in [-0.2, -0.15) is 0 Å². The minimum atomic E-state index is -0.423. The molecule has 2 aromatic rings. The van der Waals surface area contributed by atoms with E-state index < -0.39 is 10.9 Å². The first-order valence-electron chi connectivity index (χ1n) is 8.55. The average molecular weight is 366 g/mol. The van der Waals surface area contributed by atoms with E-state index in [4.69, 9.17) is 4.74 Å². The van der Waals surface area contributed by atoms with Crippen LogP contribution in [-0.4, -0.2) is 24.0 Å². The molecule has 6 heteroatoms. The molecular formula is C21H22N2O4. The molecule has 1 N–H and O–H groups in total. The molecular weight excluding hydrogens is 344 g/mol. The van der Waals surface area contributed by atoms with Crippen molar-refractivity contribution in [3.8, 4) is 0 Å². The van der Waals surface area contributed by atoms with Crippen LogP contribution >= 0.6 is 0 Å². The van der Waals surface area contributed by atoms with Crippen LogP contribution in [-0.2, 0) is 9.53 Å². The van der Waals surface area contributed by atoms with Crippen molar-refractivity contribution < 1.29 is 14.5 Å². The third kappa shape index (κ3) is 6.43. The van der Waals surface area contributed by atoms with E-state index in [0.717, 1.165) is 16.8 Å². The van der Waals surface area contributed by atoms with E-state index in [1.165, 1.54) is 12.1 Å². The third-order valence-corrected chi connectivity index (χ3v) is 3.72. The number of nitro groups is 1. The summed E-state index contributed by atoms with van der Waals surface area (Å²) in [6.45, 7) is 6.02. The van der Waals surface area contributed by atoms with Gasteiger partial charge in [0.2, 0.25) is 0 Å². The maximum absolute atomic E-state index is 11.4. The average Bonchev–Trinajstić information content (AvgIpc) is 2.67. The van der Waals surface area contributed by atoms with E-state index in [2.05, 4.69) is 11.9 Å². The fourth-order valence-electron chi connectivity index (χ4n) is 2.30. The van der Waals surface area contributed by atoms with Crippen LogP contribution in [0.3, 0.4) is 0 Å². The van der Waals surface area contributed by atoms with Crippen LogP contribution in [0.4, 0.5) is 5.69 Å². The summed E-state index contributed by atoms with van der Waals surface area (Å²) >= 11 is 0. The highest BCUT2D eigenvalue weighted by atomic mass is 16.6. The summed E-state index contributed by atoms with van der Waals surface area (Å²) in [6.07, 6.45) is 2.60. The second-order valence-electron chi connectivity index (χ2n) is 5.97. The van der Waals surface area contributed by atoms with Crippen LogP contribution in [0.1, 0.15) is 24.5 Å². The summed E-state index contributed by atoms with van der Waals surface area (Å²) in [6, 6.07) is 16.1. The highest BCUT2D eigenvalue weighted by molar-refractivity contribution is 5.86. The number of non-ortho nitro benzene ring substituents is 1. The van der Waals surface area contributed by atoms with Gasteiger partial charge in [-0.15, -0.1) is 0 Å². The van der Waals surface area contributed by atoms with Crippen molar-refractivity contribution in [3.05, 3.63) is 88.0 Å².